The molecule has 3 nitrogen and oxygen atoms in total. The minimum atomic E-state index is -0.949. The molecular weight excluding hydrogens is 232 g/mol. The molecule has 0 aliphatic carbocycles. The first-order valence-electron chi connectivity index (χ1n) is 5.60. The lowest BCUT2D eigenvalue weighted by Gasteiger charge is -2.23. The van der Waals surface area contributed by atoms with E-state index >= 15 is 0 Å². The molecule has 0 aliphatic heterocycles. The molecule has 0 fully saturated rings. The molecule has 2 unspecified atom stereocenters. The van der Waals surface area contributed by atoms with E-state index in [1.807, 2.05) is 37.3 Å². The smallest absolute Gasteiger partial charge is 0.138 e. The Labute approximate surface area is 107 Å². The Morgan fingerprint density at radius 2 is 2.12 bits per heavy atom. The third kappa shape index (κ3) is 4.04. The fourth-order valence-corrected chi connectivity index (χ4v) is 2.51. The fourth-order valence-electron chi connectivity index (χ4n) is 1.45. The summed E-state index contributed by atoms with van der Waals surface area (Å²) in [6.07, 6.45) is 0.723. The Hall–Kier alpha value is -1.02. The van der Waals surface area contributed by atoms with Gasteiger partial charge < -0.3 is 10.8 Å². The van der Waals surface area contributed by atoms with Gasteiger partial charge >= 0.3 is 0 Å². The molecule has 1 aromatic carbocycles. The lowest BCUT2D eigenvalue weighted by atomic mass is 9.95. The van der Waals surface area contributed by atoms with Gasteiger partial charge in [0, 0.05) is 17.6 Å². The summed E-state index contributed by atoms with van der Waals surface area (Å²) >= 11 is 1.62. The maximum Gasteiger partial charge on any atom is 0.138 e. The van der Waals surface area contributed by atoms with Gasteiger partial charge in [0.2, 0.25) is 0 Å². The van der Waals surface area contributed by atoms with Crippen LogP contribution >= 0.6 is 11.8 Å². The van der Waals surface area contributed by atoms with Crippen molar-refractivity contribution in [1.82, 2.24) is 0 Å². The number of nitrogens with zero attached hydrogens (tertiary/aromatic N) is 1. The zero-order chi connectivity index (χ0) is 12.7. The topological polar surface area (TPSA) is 70.0 Å². The van der Waals surface area contributed by atoms with Crippen molar-refractivity contribution in [1.29, 1.82) is 5.26 Å². The summed E-state index contributed by atoms with van der Waals surface area (Å²) in [6, 6.07) is 11.6. The van der Waals surface area contributed by atoms with Crippen LogP contribution in [0.1, 0.15) is 18.9 Å². The van der Waals surface area contributed by atoms with Crippen molar-refractivity contribution in [3.63, 3.8) is 0 Å². The number of aliphatic hydroxyl groups is 1. The van der Waals surface area contributed by atoms with Crippen LogP contribution in [-0.4, -0.2) is 22.7 Å². The lowest BCUT2D eigenvalue weighted by molar-refractivity contribution is 0.289. The third-order valence-corrected chi connectivity index (χ3v) is 4.05. The van der Waals surface area contributed by atoms with Crippen molar-refractivity contribution in [2.24, 2.45) is 5.73 Å². The van der Waals surface area contributed by atoms with E-state index in [1.54, 1.807) is 11.8 Å². The monoisotopic (exact) mass is 250 g/mol. The van der Waals surface area contributed by atoms with Gasteiger partial charge in [0.1, 0.15) is 5.54 Å². The Bertz CT molecular complexity index is 377. The maximum atomic E-state index is 9.24. The van der Waals surface area contributed by atoms with Crippen LogP contribution in [0, 0.1) is 11.3 Å². The minimum absolute atomic E-state index is 0.170. The van der Waals surface area contributed by atoms with Crippen molar-refractivity contribution in [3.05, 3.63) is 35.9 Å². The highest BCUT2D eigenvalue weighted by Gasteiger charge is 2.27. The molecule has 1 rings (SSSR count). The molecule has 1 aromatic rings. The van der Waals surface area contributed by atoms with E-state index < -0.39 is 5.54 Å². The molecule has 0 aliphatic rings. The van der Waals surface area contributed by atoms with Gasteiger partial charge in [-0.3, -0.25) is 0 Å². The number of hydrogen-bond acceptors (Lipinski definition) is 4. The Morgan fingerprint density at radius 3 is 2.65 bits per heavy atom. The number of hydrogen-bond donors (Lipinski definition) is 2. The first kappa shape index (κ1) is 14.0. The van der Waals surface area contributed by atoms with Crippen LogP contribution in [0.4, 0.5) is 0 Å². The van der Waals surface area contributed by atoms with Crippen LogP contribution in [0.15, 0.2) is 30.3 Å². The Kier molecular flexibility index (Phi) is 5.49. The molecule has 3 N–H and O–H groups in total. The zero-order valence-corrected chi connectivity index (χ0v) is 10.8. The third-order valence-electron chi connectivity index (χ3n) is 2.62. The molecule has 0 amide bonds. The molecule has 0 aromatic heterocycles. The average molecular weight is 250 g/mol. The quantitative estimate of drug-likeness (QED) is 0.808. The predicted octanol–water partition coefficient (Wildman–Crippen LogP) is 1.87. The maximum absolute atomic E-state index is 9.24. The van der Waals surface area contributed by atoms with Gasteiger partial charge in [-0.2, -0.15) is 17.0 Å². The highest BCUT2D eigenvalue weighted by molar-refractivity contribution is 7.99. The van der Waals surface area contributed by atoms with Gasteiger partial charge in [0.05, 0.1) is 6.07 Å². The number of aliphatic hydroxyl groups excluding tert-OH is 1. The average Bonchev–Trinajstić information content (AvgIpc) is 2.37. The molecule has 0 saturated carbocycles. The molecule has 17 heavy (non-hydrogen) atoms. The number of thioether (sulfide) groups is 1. The molecule has 4 heteroatoms. The van der Waals surface area contributed by atoms with Gasteiger partial charge in [-0.25, -0.2) is 0 Å². The normalized spacial score (nSPS) is 15.9. The van der Waals surface area contributed by atoms with Gasteiger partial charge in [0.25, 0.3) is 0 Å². The largest absolute Gasteiger partial charge is 0.396 e. The molecule has 0 spiro atoms. The van der Waals surface area contributed by atoms with Crippen molar-refractivity contribution in [2.45, 2.75) is 24.1 Å². The predicted molar refractivity (Wildman–Crippen MR) is 71.5 cm³/mol. The second-order valence-electron chi connectivity index (χ2n) is 4.08. The fraction of sp³-hybridized carbons (Fsp3) is 0.462. The Morgan fingerprint density at radius 1 is 1.47 bits per heavy atom. The summed E-state index contributed by atoms with van der Waals surface area (Å²) in [4.78, 5) is 0. The van der Waals surface area contributed by atoms with Crippen LogP contribution in [0.2, 0.25) is 0 Å². The Balaban J connectivity index is 2.68. The first-order valence-corrected chi connectivity index (χ1v) is 6.65. The van der Waals surface area contributed by atoms with Crippen LogP contribution in [0.25, 0.3) is 0 Å². The second kappa shape index (κ2) is 6.65. The zero-order valence-electron chi connectivity index (χ0n) is 9.97. The van der Waals surface area contributed by atoms with Crippen molar-refractivity contribution < 1.29 is 5.11 Å². The summed E-state index contributed by atoms with van der Waals surface area (Å²) in [5, 5.41) is 18.4. The van der Waals surface area contributed by atoms with Crippen LogP contribution in [-0.2, 0) is 5.54 Å². The van der Waals surface area contributed by atoms with Gasteiger partial charge in [-0.15, -0.1) is 0 Å². The highest BCUT2D eigenvalue weighted by atomic mass is 32.2. The van der Waals surface area contributed by atoms with E-state index in [4.69, 9.17) is 10.8 Å². The summed E-state index contributed by atoms with van der Waals surface area (Å²) in [5.74, 6) is 0.536. The number of benzene rings is 1. The molecule has 0 radical (unpaired) electrons. The number of nitriles is 1. The van der Waals surface area contributed by atoms with Crippen LogP contribution < -0.4 is 5.73 Å². The van der Waals surface area contributed by atoms with Crippen molar-refractivity contribution in [2.75, 3.05) is 12.4 Å². The minimum Gasteiger partial charge on any atom is -0.396 e. The molecule has 0 bridgehead atoms. The van der Waals surface area contributed by atoms with E-state index in [-0.39, 0.29) is 6.61 Å². The number of rotatable bonds is 6. The molecule has 0 saturated heterocycles. The summed E-state index contributed by atoms with van der Waals surface area (Å²) in [7, 11) is 0. The van der Waals surface area contributed by atoms with E-state index in [0.717, 1.165) is 12.0 Å². The van der Waals surface area contributed by atoms with Gasteiger partial charge in [0.15, 0.2) is 0 Å². The molecular formula is C13H18N2OS. The summed E-state index contributed by atoms with van der Waals surface area (Å²) in [5.41, 5.74) is 6.01. The molecule has 0 heterocycles. The van der Waals surface area contributed by atoms with E-state index in [2.05, 4.69) is 6.07 Å². The van der Waals surface area contributed by atoms with Crippen LogP contribution in [0.3, 0.4) is 0 Å². The molecule has 92 valence electrons. The second-order valence-corrected chi connectivity index (χ2v) is 5.51. The SMILES string of the molecule is CC(CCO)SCC(N)(C#N)c1ccccc1. The van der Waals surface area contributed by atoms with E-state index in [1.165, 1.54) is 0 Å². The standard InChI is InChI=1S/C13H18N2OS/c1-11(7-8-16)17-10-13(15,9-14)12-5-3-2-4-6-12/h2-6,11,16H,7-8,10,15H2,1H3. The van der Waals surface area contributed by atoms with Crippen molar-refractivity contribution in [3.8, 4) is 6.07 Å². The van der Waals surface area contributed by atoms with Crippen LogP contribution in [0.5, 0.6) is 0 Å². The van der Waals surface area contributed by atoms with Gasteiger partial charge in [-0.1, -0.05) is 37.3 Å². The highest BCUT2D eigenvalue weighted by Crippen LogP contribution is 2.25. The van der Waals surface area contributed by atoms with E-state index in [0.29, 0.717) is 11.0 Å². The van der Waals surface area contributed by atoms with E-state index in [9.17, 15) is 5.26 Å². The number of nitrogens with two attached hydrogens (primary N) is 1. The lowest BCUT2D eigenvalue weighted by Crippen LogP contribution is -2.38. The van der Waals surface area contributed by atoms with Gasteiger partial charge in [-0.05, 0) is 12.0 Å². The van der Waals surface area contributed by atoms with Crippen molar-refractivity contribution >= 4 is 11.8 Å². The molecule has 2 atom stereocenters. The summed E-state index contributed by atoms with van der Waals surface area (Å²) in [6.45, 7) is 2.20. The summed E-state index contributed by atoms with van der Waals surface area (Å²) < 4.78 is 0. The first-order chi connectivity index (χ1) is 8.12.